The van der Waals surface area contributed by atoms with Crippen LogP contribution in [0, 0.1) is 11.8 Å². The number of fused-ring (bicyclic) bond motifs is 1. The molecule has 2 aromatic rings. The lowest BCUT2D eigenvalue weighted by Crippen LogP contribution is -2.29. The first kappa shape index (κ1) is 15.5. The second-order valence-electron chi connectivity index (χ2n) is 8.00. The lowest BCUT2D eigenvalue weighted by Gasteiger charge is -2.22. The Hall–Kier alpha value is -1.76. The molecule has 3 fully saturated rings. The van der Waals surface area contributed by atoms with E-state index < -0.39 is 0 Å². The van der Waals surface area contributed by atoms with Gasteiger partial charge in [0.2, 0.25) is 5.13 Å². The van der Waals surface area contributed by atoms with Crippen LogP contribution in [0.3, 0.4) is 0 Å². The van der Waals surface area contributed by atoms with Gasteiger partial charge in [-0.3, -0.25) is 0 Å². The first-order chi connectivity index (χ1) is 12.2. The normalized spacial score (nSPS) is 25.9. The molecular weight excluding hydrogens is 332 g/mol. The molecule has 2 aliphatic heterocycles. The van der Waals surface area contributed by atoms with Gasteiger partial charge in [0.15, 0.2) is 0 Å². The molecule has 2 unspecified atom stereocenters. The van der Waals surface area contributed by atoms with Gasteiger partial charge in [0.25, 0.3) is 0 Å². The maximum atomic E-state index is 4.79. The van der Waals surface area contributed by atoms with Crippen molar-refractivity contribution in [2.45, 2.75) is 38.5 Å². The minimum absolute atomic E-state index is 0.442. The zero-order chi connectivity index (χ0) is 17.0. The van der Waals surface area contributed by atoms with E-state index in [2.05, 4.69) is 44.1 Å². The maximum Gasteiger partial charge on any atom is 0.205 e. The highest BCUT2D eigenvalue weighted by Crippen LogP contribution is 2.41. The molecule has 25 heavy (non-hydrogen) atoms. The Labute approximate surface area is 152 Å². The monoisotopic (exact) mass is 356 g/mol. The molecule has 3 aliphatic rings. The fraction of sp³-hybridized carbons (Fsp3) is 0.667. The largest absolute Gasteiger partial charge is 0.356 e. The summed E-state index contributed by atoms with van der Waals surface area (Å²) in [4.78, 5) is 18.6. The van der Waals surface area contributed by atoms with E-state index in [0.29, 0.717) is 23.7 Å². The summed E-state index contributed by atoms with van der Waals surface area (Å²) in [5.74, 6) is 4.66. The Morgan fingerprint density at radius 2 is 1.76 bits per heavy atom. The first-order valence-electron chi connectivity index (χ1n) is 9.33. The van der Waals surface area contributed by atoms with E-state index in [-0.39, 0.29) is 0 Å². The molecule has 1 saturated carbocycles. The van der Waals surface area contributed by atoms with E-state index in [1.165, 1.54) is 12.8 Å². The molecule has 5 rings (SSSR count). The summed E-state index contributed by atoms with van der Waals surface area (Å²) in [7, 11) is 0. The van der Waals surface area contributed by atoms with Crippen LogP contribution in [0.25, 0.3) is 0 Å². The first-order valence-corrected chi connectivity index (χ1v) is 10.1. The van der Waals surface area contributed by atoms with Crippen LogP contribution >= 0.6 is 11.5 Å². The van der Waals surface area contributed by atoms with Crippen molar-refractivity contribution >= 4 is 22.5 Å². The van der Waals surface area contributed by atoms with Gasteiger partial charge in [0.1, 0.15) is 18.0 Å². The van der Waals surface area contributed by atoms with Gasteiger partial charge in [-0.25, -0.2) is 15.0 Å². The highest BCUT2D eigenvalue weighted by molar-refractivity contribution is 7.09. The molecule has 1 aliphatic carbocycles. The molecule has 0 spiro atoms. The van der Waals surface area contributed by atoms with Crippen molar-refractivity contribution in [2.75, 3.05) is 36.0 Å². The lowest BCUT2D eigenvalue weighted by molar-refractivity contribution is 0.533. The smallest absolute Gasteiger partial charge is 0.205 e. The molecule has 7 heteroatoms. The van der Waals surface area contributed by atoms with E-state index in [9.17, 15) is 0 Å². The summed E-state index contributed by atoms with van der Waals surface area (Å²) in [6.07, 6.45) is 4.26. The summed E-state index contributed by atoms with van der Waals surface area (Å²) < 4.78 is 4.57. The molecule has 0 radical (unpaired) electrons. The van der Waals surface area contributed by atoms with Crippen LogP contribution in [-0.4, -0.2) is 45.5 Å². The number of hydrogen-bond donors (Lipinski definition) is 0. The highest BCUT2D eigenvalue weighted by Gasteiger charge is 2.41. The lowest BCUT2D eigenvalue weighted by atomic mass is 10.0. The van der Waals surface area contributed by atoms with Crippen LogP contribution < -0.4 is 9.80 Å². The fourth-order valence-corrected chi connectivity index (χ4v) is 4.81. The summed E-state index contributed by atoms with van der Waals surface area (Å²) in [5.41, 5.74) is 1.13. The Morgan fingerprint density at radius 3 is 2.44 bits per heavy atom. The highest BCUT2D eigenvalue weighted by atomic mass is 32.1. The second kappa shape index (κ2) is 5.90. The molecule has 0 amide bonds. The summed E-state index contributed by atoms with van der Waals surface area (Å²) in [6.45, 7) is 8.74. The Bertz CT molecular complexity index is 756. The topological polar surface area (TPSA) is 58.0 Å². The molecule has 0 bridgehead atoms. The number of nitrogens with zero attached hydrogens (tertiary/aromatic N) is 6. The molecule has 0 N–H and O–H groups in total. The minimum atomic E-state index is 0.442. The van der Waals surface area contributed by atoms with Gasteiger partial charge in [0.05, 0.1) is 0 Å². The van der Waals surface area contributed by atoms with Gasteiger partial charge in [-0.1, -0.05) is 13.8 Å². The van der Waals surface area contributed by atoms with Crippen molar-refractivity contribution in [1.82, 2.24) is 19.3 Å². The van der Waals surface area contributed by atoms with Gasteiger partial charge >= 0.3 is 0 Å². The molecule has 6 nitrogen and oxygen atoms in total. The Morgan fingerprint density at radius 1 is 1.04 bits per heavy atom. The second-order valence-corrected chi connectivity index (χ2v) is 8.73. The van der Waals surface area contributed by atoms with Crippen LogP contribution in [0.4, 0.5) is 10.9 Å². The molecule has 2 saturated heterocycles. The number of hydrogen-bond acceptors (Lipinski definition) is 7. The van der Waals surface area contributed by atoms with Crippen LogP contribution in [0.15, 0.2) is 12.4 Å². The van der Waals surface area contributed by atoms with E-state index in [0.717, 1.165) is 48.6 Å². The summed E-state index contributed by atoms with van der Waals surface area (Å²) >= 11 is 1.59. The van der Waals surface area contributed by atoms with E-state index in [1.54, 1.807) is 17.9 Å². The van der Waals surface area contributed by atoms with Gasteiger partial charge in [-0.2, -0.15) is 4.37 Å². The molecule has 0 aromatic carbocycles. The summed E-state index contributed by atoms with van der Waals surface area (Å²) in [6, 6.07) is 2.16. The zero-order valence-corrected chi connectivity index (χ0v) is 15.6. The van der Waals surface area contributed by atoms with Gasteiger partial charge in [-0.15, -0.1) is 0 Å². The third kappa shape index (κ3) is 2.88. The molecule has 2 aromatic heterocycles. The van der Waals surface area contributed by atoms with Gasteiger partial charge in [0, 0.05) is 67.2 Å². The van der Waals surface area contributed by atoms with Crippen molar-refractivity contribution in [3.05, 3.63) is 23.9 Å². The Kier molecular flexibility index (Phi) is 3.66. The number of aromatic nitrogens is 4. The molecule has 4 heterocycles. The maximum absolute atomic E-state index is 4.79. The predicted molar refractivity (Wildman–Crippen MR) is 99.4 cm³/mol. The van der Waals surface area contributed by atoms with E-state index in [4.69, 9.17) is 4.98 Å². The zero-order valence-electron chi connectivity index (χ0n) is 14.8. The third-order valence-corrected chi connectivity index (χ3v) is 6.51. The average molecular weight is 356 g/mol. The van der Waals surface area contributed by atoms with Crippen LogP contribution in [-0.2, 0) is 0 Å². The van der Waals surface area contributed by atoms with Crippen molar-refractivity contribution in [1.29, 1.82) is 0 Å². The van der Waals surface area contributed by atoms with Crippen LogP contribution in [0.2, 0.25) is 0 Å². The van der Waals surface area contributed by atoms with Crippen molar-refractivity contribution < 1.29 is 0 Å². The van der Waals surface area contributed by atoms with Gasteiger partial charge < -0.3 is 9.80 Å². The van der Waals surface area contributed by atoms with Gasteiger partial charge in [-0.05, 0) is 18.8 Å². The van der Waals surface area contributed by atoms with E-state index >= 15 is 0 Å². The Balaban J connectivity index is 1.26. The van der Waals surface area contributed by atoms with E-state index in [1.807, 2.05) is 0 Å². The summed E-state index contributed by atoms with van der Waals surface area (Å²) in [5, 5.41) is 1.13. The van der Waals surface area contributed by atoms with Crippen molar-refractivity contribution in [3.63, 3.8) is 0 Å². The molecule has 2 atom stereocenters. The molecular formula is C18H24N6S. The molecule has 132 valence electrons. The fourth-order valence-electron chi connectivity index (χ4n) is 4.05. The number of rotatable bonds is 4. The number of anilines is 2. The van der Waals surface area contributed by atoms with Crippen LogP contribution in [0.1, 0.15) is 50.0 Å². The van der Waals surface area contributed by atoms with Crippen molar-refractivity contribution in [3.8, 4) is 0 Å². The average Bonchev–Trinajstić information content (AvgIpc) is 3.04. The third-order valence-electron chi connectivity index (χ3n) is 5.72. The van der Waals surface area contributed by atoms with Crippen LogP contribution in [0.5, 0.6) is 0 Å². The standard InChI is InChI=1S/C18H24N6S/c1-11(2)15-5-16(20-10-19-15)23-6-13-8-24(9-14(13)7-23)18-21-17(22-25-18)12-3-4-12/h5,10-14H,3-4,6-9H2,1-2H3. The van der Waals surface area contributed by atoms with Crippen molar-refractivity contribution in [2.24, 2.45) is 11.8 Å². The quantitative estimate of drug-likeness (QED) is 0.839. The predicted octanol–water partition coefficient (Wildman–Crippen LogP) is 2.90. The minimum Gasteiger partial charge on any atom is -0.356 e. The SMILES string of the molecule is CC(C)c1cc(N2CC3CN(c4nc(C5CC5)ns4)CC3C2)ncn1.